The van der Waals surface area contributed by atoms with Crippen molar-refractivity contribution < 1.29 is 4.74 Å². The van der Waals surface area contributed by atoms with E-state index in [0.29, 0.717) is 6.61 Å². The summed E-state index contributed by atoms with van der Waals surface area (Å²) < 4.78 is 7.61. The standard InChI is InChI=1S/C16H24N4O/c1-14-6-4-8-16(12-14)21-11-5-10-20-13-15(18-19-20)7-2-3-9-17/h4,6,8,12-13H,2-3,5,7,9-11,17H2,1H3. The Morgan fingerprint density at radius 3 is 2.95 bits per heavy atom. The lowest BCUT2D eigenvalue weighted by Crippen LogP contribution is -2.05. The molecule has 0 radical (unpaired) electrons. The van der Waals surface area contributed by atoms with Crippen molar-refractivity contribution in [3.8, 4) is 5.75 Å². The van der Waals surface area contributed by atoms with Crippen LogP contribution in [-0.2, 0) is 13.0 Å². The first kappa shape index (κ1) is 15.5. The summed E-state index contributed by atoms with van der Waals surface area (Å²) in [4.78, 5) is 0. The molecule has 0 saturated carbocycles. The number of benzene rings is 1. The molecule has 1 aromatic carbocycles. The Bertz CT molecular complexity index is 539. The van der Waals surface area contributed by atoms with Gasteiger partial charge in [0, 0.05) is 19.2 Å². The molecule has 0 aliphatic carbocycles. The van der Waals surface area contributed by atoms with Gasteiger partial charge in [0.1, 0.15) is 5.75 Å². The number of aromatic nitrogens is 3. The van der Waals surface area contributed by atoms with Crippen molar-refractivity contribution in [2.24, 2.45) is 5.73 Å². The summed E-state index contributed by atoms with van der Waals surface area (Å²) in [6.07, 6.45) is 6.00. The number of aryl methyl sites for hydroxylation is 3. The summed E-state index contributed by atoms with van der Waals surface area (Å²) in [5, 5.41) is 8.30. The summed E-state index contributed by atoms with van der Waals surface area (Å²) in [5.74, 6) is 0.927. The largest absolute Gasteiger partial charge is 0.494 e. The van der Waals surface area contributed by atoms with Crippen molar-refractivity contribution in [1.29, 1.82) is 0 Å². The topological polar surface area (TPSA) is 66.0 Å². The van der Waals surface area contributed by atoms with Crippen molar-refractivity contribution in [1.82, 2.24) is 15.0 Å². The fraction of sp³-hybridized carbons (Fsp3) is 0.500. The third-order valence-corrected chi connectivity index (χ3v) is 3.26. The lowest BCUT2D eigenvalue weighted by molar-refractivity contribution is 0.298. The maximum absolute atomic E-state index is 5.72. The molecular formula is C16H24N4O. The van der Waals surface area contributed by atoms with Crippen molar-refractivity contribution in [2.75, 3.05) is 13.2 Å². The lowest BCUT2D eigenvalue weighted by Gasteiger charge is -2.06. The van der Waals surface area contributed by atoms with E-state index in [2.05, 4.69) is 23.3 Å². The van der Waals surface area contributed by atoms with Gasteiger partial charge in [-0.3, -0.25) is 4.68 Å². The molecule has 2 aromatic rings. The predicted octanol–water partition coefficient (Wildman–Crippen LogP) is 2.34. The second-order valence-electron chi connectivity index (χ2n) is 5.24. The molecule has 0 aliphatic rings. The highest BCUT2D eigenvalue weighted by Crippen LogP contribution is 2.12. The van der Waals surface area contributed by atoms with Crippen LogP contribution in [0.3, 0.4) is 0 Å². The molecule has 0 aliphatic heterocycles. The molecule has 5 heteroatoms. The normalized spacial score (nSPS) is 10.8. The molecule has 0 bridgehead atoms. The summed E-state index contributed by atoms with van der Waals surface area (Å²) in [6.45, 7) is 4.32. The van der Waals surface area contributed by atoms with E-state index in [4.69, 9.17) is 10.5 Å². The first-order chi connectivity index (χ1) is 10.3. The van der Waals surface area contributed by atoms with Gasteiger partial charge in [0.15, 0.2) is 0 Å². The van der Waals surface area contributed by atoms with E-state index < -0.39 is 0 Å². The van der Waals surface area contributed by atoms with Crippen LogP contribution in [0.4, 0.5) is 0 Å². The average Bonchev–Trinajstić information content (AvgIpc) is 2.92. The molecule has 2 rings (SSSR count). The van der Waals surface area contributed by atoms with E-state index in [9.17, 15) is 0 Å². The molecule has 1 aromatic heterocycles. The first-order valence-corrected chi connectivity index (χ1v) is 7.56. The number of rotatable bonds is 9. The van der Waals surface area contributed by atoms with E-state index in [1.165, 1.54) is 5.56 Å². The molecule has 5 nitrogen and oxygen atoms in total. The van der Waals surface area contributed by atoms with Crippen molar-refractivity contribution >= 4 is 0 Å². The Labute approximate surface area is 126 Å². The van der Waals surface area contributed by atoms with Crippen LogP contribution < -0.4 is 10.5 Å². The molecule has 1 heterocycles. The molecule has 114 valence electrons. The zero-order valence-electron chi connectivity index (χ0n) is 12.7. The lowest BCUT2D eigenvalue weighted by atomic mass is 10.2. The van der Waals surface area contributed by atoms with E-state index >= 15 is 0 Å². The number of ether oxygens (including phenoxy) is 1. The highest BCUT2D eigenvalue weighted by atomic mass is 16.5. The van der Waals surface area contributed by atoms with Gasteiger partial charge in [0.2, 0.25) is 0 Å². The number of nitrogens with two attached hydrogens (primary N) is 1. The van der Waals surface area contributed by atoms with Gasteiger partial charge in [-0.1, -0.05) is 17.3 Å². The Hall–Kier alpha value is -1.88. The second kappa shape index (κ2) is 8.42. The van der Waals surface area contributed by atoms with Gasteiger partial charge in [0.05, 0.1) is 12.3 Å². The van der Waals surface area contributed by atoms with Crippen LogP contribution in [-0.4, -0.2) is 28.1 Å². The molecule has 0 spiro atoms. The van der Waals surface area contributed by atoms with E-state index in [-0.39, 0.29) is 0 Å². The maximum atomic E-state index is 5.72. The number of hydrogen-bond donors (Lipinski definition) is 1. The monoisotopic (exact) mass is 288 g/mol. The number of hydrogen-bond acceptors (Lipinski definition) is 4. The van der Waals surface area contributed by atoms with Gasteiger partial charge in [0.25, 0.3) is 0 Å². The predicted molar refractivity (Wildman–Crippen MR) is 83.3 cm³/mol. The van der Waals surface area contributed by atoms with E-state index in [1.54, 1.807) is 0 Å². The van der Waals surface area contributed by atoms with Gasteiger partial charge < -0.3 is 10.5 Å². The van der Waals surface area contributed by atoms with Crippen LogP contribution in [0.2, 0.25) is 0 Å². The highest BCUT2D eigenvalue weighted by molar-refractivity contribution is 5.27. The van der Waals surface area contributed by atoms with Crippen LogP contribution in [0, 0.1) is 6.92 Å². The molecule has 0 fully saturated rings. The van der Waals surface area contributed by atoms with E-state index in [1.807, 2.05) is 29.1 Å². The van der Waals surface area contributed by atoms with Gasteiger partial charge in [-0.15, -0.1) is 5.10 Å². The Morgan fingerprint density at radius 1 is 1.24 bits per heavy atom. The van der Waals surface area contributed by atoms with Crippen molar-refractivity contribution in [3.63, 3.8) is 0 Å². The average molecular weight is 288 g/mol. The molecule has 0 saturated heterocycles. The minimum Gasteiger partial charge on any atom is -0.494 e. The quantitative estimate of drug-likeness (QED) is 0.719. The minimum atomic E-state index is 0.686. The molecule has 2 N–H and O–H groups in total. The van der Waals surface area contributed by atoms with E-state index in [0.717, 1.165) is 50.2 Å². The second-order valence-corrected chi connectivity index (χ2v) is 5.24. The number of nitrogens with zero attached hydrogens (tertiary/aromatic N) is 3. The maximum Gasteiger partial charge on any atom is 0.119 e. The third kappa shape index (κ3) is 5.55. The Morgan fingerprint density at radius 2 is 2.14 bits per heavy atom. The Kier molecular flexibility index (Phi) is 6.22. The fourth-order valence-electron chi connectivity index (χ4n) is 2.13. The van der Waals surface area contributed by atoms with Gasteiger partial charge in [-0.2, -0.15) is 0 Å². The summed E-state index contributed by atoms with van der Waals surface area (Å²) in [7, 11) is 0. The van der Waals surface area contributed by atoms with Crippen molar-refractivity contribution in [2.45, 2.75) is 39.2 Å². The summed E-state index contributed by atoms with van der Waals surface area (Å²) in [6, 6.07) is 8.10. The molecule has 21 heavy (non-hydrogen) atoms. The van der Waals surface area contributed by atoms with Crippen LogP contribution in [0.5, 0.6) is 5.75 Å². The zero-order chi connectivity index (χ0) is 14.9. The summed E-state index contributed by atoms with van der Waals surface area (Å²) >= 11 is 0. The molecule has 0 unspecified atom stereocenters. The summed E-state index contributed by atoms with van der Waals surface area (Å²) in [5.41, 5.74) is 7.74. The van der Waals surface area contributed by atoms with Crippen LogP contribution in [0.15, 0.2) is 30.5 Å². The first-order valence-electron chi connectivity index (χ1n) is 7.56. The third-order valence-electron chi connectivity index (χ3n) is 3.26. The van der Waals surface area contributed by atoms with Crippen LogP contribution >= 0.6 is 0 Å². The smallest absolute Gasteiger partial charge is 0.119 e. The number of unbranched alkanes of at least 4 members (excludes halogenated alkanes) is 1. The van der Waals surface area contributed by atoms with Crippen molar-refractivity contribution in [3.05, 3.63) is 41.7 Å². The fourth-order valence-corrected chi connectivity index (χ4v) is 2.13. The molecule has 0 amide bonds. The van der Waals surface area contributed by atoms with Crippen LogP contribution in [0.1, 0.15) is 30.5 Å². The zero-order valence-corrected chi connectivity index (χ0v) is 12.7. The van der Waals surface area contributed by atoms with Crippen LogP contribution in [0.25, 0.3) is 0 Å². The Balaban J connectivity index is 1.66. The van der Waals surface area contributed by atoms with Gasteiger partial charge >= 0.3 is 0 Å². The van der Waals surface area contributed by atoms with Gasteiger partial charge in [-0.05, 0) is 50.4 Å². The SMILES string of the molecule is Cc1cccc(OCCCn2cc(CCCCN)nn2)c1. The van der Waals surface area contributed by atoms with Gasteiger partial charge in [-0.25, -0.2) is 0 Å². The molecule has 0 atom stereocenters. The highest BCUT2D eigenvalue weighted by Gasteiger charge is 2.01. The minimum absolute atomic E-state index is 0.686. The molecular weight excluding hydrogens is 264 g/mol.